The first-order valence-corrected chi connectivity index (χ1v) is 8.20. The predicted octanol–water partition coefficient (Wildman–Crippen LogP) is 1.51. The molecule has 5 nitrogen and oxygen atoms in total. The van der Waals surface area contributed by atoms with E-state index in [2.05, 4.69) is 0 Å². The van der Waals surface area contributed by atoms with E-state index in [4.69, 9.17) is 5.73 Å². The monoisotopic (exact) mass is 295 g/mol. The van der Waals surface area contributed by atoms with Crippen molar-refractivity contribution in [1.29, 1.82) is 0 Å². The lowest BCUT2D eigenvalue weighted by molar-refractivity contribution is -0.141. The first-order valence-electron chi connectivity index (χ1n) is 8.20. The number of hydrogen-bond acceptors (Lipinski definition) is 3. The zero-order valence-corrected chi connectivity index (χ0v) is 13.4. The van der Waals surface area contributed by atoms with Gasteiger partial charge in [-0.25, -0.2) is 0 Å². The fourth-order valence-electron chi connectivity index (χ4n) is 3.32. The molecule has 0 aromatic carbocycles. The van der Waals surface area contributed by atoms with Crippen molar-refractivity contribution in [3.05, 3.63) is 0 Å². The summed E-state index contributed by atoms with van der Waals surface area (Å²) in [5, 5.41) is 0. The Hall–Kier alpha value is -1.10. The molecule has 2 aliphatic carbocycles. The van der Waals surface area contributed by atoms with E-state index in [-0.39, 0.29) is 23.9 Å². The van der Waals surface area contributed by atoms with Crippen LogP contribution in [0.4, 0.5) is 0 Å². The molecule has 0 atom stereocenters. The summed E-state index contributed by atoms with van der Waals surface area (Å²) in [6.45, 7) is 0.169. The molecule has 0 spiro atoms. The second-order valence-corrected chi connectivity index (χ2v) is 6.94. The minimum absolute atomic E-state index is 0.0115. The Morgan fingerprint density at radius 3 is 2.19 bits per heavy atom. The Morgan fingerprint density at radius 1 is 1.05 bits per heavy atom. The molecule has 2 saturated carbocycles. The minimum Gasteiger partial charge on any atom is -0.341 e. The highest BCUT2D eigenvalue weighted by atomic mass is 16.2. The van der Waals surface area contributed by atoms with Crippen molar-refractivity contribution < 1.29 is 9.59 Å². The third kappa shape index (κ3) is 4.19. The Bertz CT molecular complexity index is 387. The lowest BCUT2D eigenvalue weighted by Gasteiger charge is -2.38. The maximum atomic E-state index is 12.3. The third-order valence-corrected chi connectivity index (χ3v) is 5.17. The quantitative estimate of drug-likeness (QED) is 0.836. The maximum Gasteiger partial charge on any atom is 0.242 e. The van der Waals surface area contributed by atoms with Crippen molar-refractivity contribution in [3.63, 3.8) is 0 Å². The van der Waals surface area contributed by atoms with Gasteiger partial charge in [-0.15, -0.1) is 0 Å². The van der Waals surface area contributed by atoms with E-state index in [9.17, 15) is 9.59 Å². The zero-order chi connectivity index (χ0) is 15.5. The molecule has 2 aliphatic rings. The topological polar surface area (TPSA) is 66.6 Å². The van der Waals surface area contributed by atoms with Gasteiger partial charge in [0.25, 0.3) is 0 Å². The highest BCUT2D eigenvalue weighted by molar-refractivity contribution is 5.85. The molecule has 2 rings (SSSR count). The predicted molar refractivity (Wildman–Crippen MR) is 82.7 cm³/mol. The Kier molecular flexibility index (Phi) is 5.25. The molecule has 0 aromatic rings. The number of carbonyl (C=O) groups is 2. The van der Waals surface area contributed by atoms with Gasteiger partial charge in [0, 0.05) is 32.1 Å². The second kappa shape index (κ2) is 6.77. The van der Waals surface area contributed by atoms with Crippen LogP contribution in [0.5, 0.6) is 0 Å². The highest BCUT2D eigenvalue weighted by Gasteiger charge is 2.36. The lowest BCUT2D eigenvalue weighted by atomic mass is 9.75. The van der Waals surface area contributed by atoms with Gasteiger partial charge < -0.3 is 15.5 Å². The Labute approximate surface area is 127 Å². The molecular formula is C16H29N3O2. The summed E-state index contributed by atoms with van der Waals surface area (Å²) >= 11 is 0. The average Bonchev–Trinajstić information content (AvgIpc) is 2.45. The summed E-state index contributed by atoms with van der Waals surface area (Å²) in [5.41, 5.74) is 5.79. The molecule has 0 saturated heterocycles. The molecule has 0 aromatic heterocycles. The van der Waals surface area contributed by atoms with Crippen LogP contribution in [-0.4, -0.2) is 53.8 Å². The van der Waals surface area contributed by atoms with Gasteiger partial charge in [0.2, 0.25) is 11.8 Å². The van der Waals surface area contributed by atoms with Crippen LogP contribution in [0, 0.1) is 0 Å². The number of carbonyl (C=O) groups excluding carboxylic acids is 2. The van der Waals surface area contributed by atoms with Crippen molar-refractivity contribution in [2.24, 2.45) is 5.73 Å². The first-order chi connectivity index (χ1) is 9.91. The average molecular weight is 295 g/mol. The van der Waals surface area contributed by atoms with Crippen LogP contribution in [-0.2, 0) is 9.59 Å². The normalized spacial score (nSPS) is 21.5. The van der Waals surface area contributed by atoms with Crippen LogP contribution in [0.2, 0.25) is 0 Å². The fourth-order valence-corrected chi connectivity index (χ4v) is 3.32. The Balaban J connectivity index is 1.78. The molecule has 120 valence electrons. The molecule has 0 aliphatic heterocycles. The van der Waals surface area contributed by atoms with Crippen LogP contribution in [0.25, 0.3) is 0 Å². The highest BCUT2D eigenvalue weighted by Crippen LogP contribution is 2.32. The lowest BCUT2D eigenvalue weighted by Crippen LogP contribution is -2.51. The van der Waals surface area contributed by atoms with Crippen LogP contribution in [0.3, 0.4) is 0 Å². The van der Waals surface area contributed by atoms with Gasteiger partial charge in [0.15, 0.2) is 0 Å². The van der Waals surface area contributed by atoms with E-state index in [0.29, 0.717) is 12.5 Å². The number of hydrogen-bond donors (Lipinski definition) is 1. The van der Waals surface area contributed by atoms with Crippen LogP contribution >= 0.6 is 0 Å². The van der Waals surface area contributed by atoms with Crippen molar-refractivity contribution in [3.8, 4) is 0 Å². The van der Waals surface area contributed by atoms with Gasteiger partial charge in [-0.05, 0) is 32.1 Å². The molecule has 0 bridgehead atoms. The van der Waals surface area contributed by atoms with Gasteiger partial charge in [-0.3, -0.25) is 9.59 Å². The fraction of sp³-hybridized carbons (Fsp3) is 0.875. The van der Waals surface area contributed by atoms with Crippen molar-refractivity contribution in [2.45, 2.75) is 69.4 Å². The summed E-state index contributed by atoms with van der Waals surface area (Å²) in [4.78, 5) is 27.8. The minimum atomic E-state index is -0.316. The standard InChI is InChI=1S/C16H29N3O2/c1-18(14(20)11-16(17)9-6-10-16)12-15(21)19(2)13-7-4-3-5-8-13/h13H,3-12,17H2,1-2H3. The van der Waals surface area contributed by atoms with E-state index in [1.165, 1.54) is 24.2 Å². The zero-order valence-electron chi connectivity index (χ0n) is 13.4. The second-order valence-electron chi connectivity index (χ2n) is 6.94. The largest absolute Gasteiger partial charge is 0.341 e. The summed E-state index contributed by atoms with van der Waals surface area (Å²) < 4.78 is 0. The van der Waals surface area contributed by atoms with E-state index in [0.717, 1.165) is 32.1 Å². The molecule has 0 radical (unpaired) electrons. The van der Waals surface area contributed by atoms with Gasteiger partial charge in [0.1, 0.15) is 0 Å². The van der Waals surface area contributed by atoms with Gasteiger partial charge in [-0.1, -0.05) is 19.3 Å². The van der Waals surface area contributed by atoms with E-state index >= 15 is 0 Å². The van der Waals surface area contributed by atoms with Gasteiger partial charge >= 0.3 is 0 Å². The van der Waals surface area contributed by atoms with Crippen LogP contribution < -0.4 is 5.73 Å². The summed E-state index contributed by atoms with van der Waals surface area (Å²) in [6.07, 6.45) is 9.17. The summed E-state index contributed by atoms with van der Waals surface area (Å²) in [5.74, 6) is 0.0278. The smallest absolute Gasteiger partial charge is 0.242 e. The molecule has 2 N–H and O–H groups in total. The SMILES string of the molecule is CN(CC(=O)N(C)C1CCCCC1)C(=O)CC1(N)CCC1. The van der Waals surface area contributed by atoms with Crippen molar-refractivity contribution in [2.75, 3.05) is 20.6 Å². The molecule has 5 heteroatoms. The summed E-state index contributed by atoms with van der Waals surface area (Å²) in [6, 6.07) is 0.349. The molecule has 0 heterocycles. The van der Waals surface area contributed by atoms with Crippen molar-refractivity contribution >= 4 is 11.8 Å². The number of likely N-dealkylation sites (N-methyl/N-ethyl adjacent to an activating group) is 2. The number of rotatable bonds is 5. The number of amides is 2. The third-order valence-electron chi connectivity index (χ3n) is 5.17. The summed E-state index contributed by atoms with van der Waals surface area (Å²) in [7, 11) is 3.57. The van der Waals surface area contributed by atoms with E-state index in [1.54, 1.807) is 7.05 Å². The van der Waals surface area contributed by atoms with Gasteiger partial charge in [-0.2, -0.15) is 0 Å². The Morgan fingerprint density at radius 2 is 1.67 bits per heavy atom. The maximum absolute atomic E-state index is 12.3. The number of nitrogens with two attached hydrogens (primary N) is 1. The molecule has 2 fully saturated rings. The molecule has 2 amide bonds. The van der Waals surface area contributed by atoms with E-state index < -0.39 is 0 Å². The van der Waals surface area contributed by atoms with Crippen LogP contribution in [0.1, 0.15) is 57.8 Å². The number of nitrogens with zero attached hydrogens (tertiary/aromatic N) is 2. The van der Waals surface area contributed by atoms with Gasteiger partial charge in [0.05, 0.1) is 6.54 Å². The van der Waals surface area contributed by atoms with Crippen molar-refractivity contribution in [1.82, 2.24) is 9.80 Å². The first kappa shape index (κ1) is 16.3. The molecular weight excluding hydrogens is 266 g/mol. The van der Waals surface area contributed by atoms with E-state index in [1.807, 2.05) is 11.9 Å². The molecule has 21 heavy (non-hydrogen) atoms. The van der Waals surface area contributed by atoms with Crippen LogP contribution in [0.15, 0.2) is 0 Å². The molecule has 0 unspecified atom stereocenters.